The number of piperidine rings is 1. The van der Waals surface area contributed by atoms with Crippen molar-refractivity contribution in [2.24, 2.45) is 0 Å². The van der Waals surface area contributed by atoms with Crippen LogP contribution in [0, 0.1) is 0 Å². The molecule has 1 aliphatic heterocycles. The summed E-state index contributed by atoms with van der Waals surface area (Å²) in [6.45, 7) is 8.82. The number of aromatic nitrogens is 7. The standard InChI is InChI=1S/C38H47N11O5S/c1-38(2,3)30-24-55-36(40-30)42-34(50)26-16-20-48-32(21-26)41-33(47-19-7-9-28(23-47)54-37(52)39-17-8-18-46(4)5)29(35(48)51)14-15-31-43-45-49(44-31)22-25-10-12-27(53-6)13-11-25/h10-16,20-21,24,28H,7-9,17-19,22-23H2,1-6H3,(H,39,52)(H,40,42,50)/b15-14+/t28-/m1/s1. The van der Waals surface area contributed by atoms with E-state index >= 15 is 0 Å². The maximum atomic E-state index is 14.2. The van der Waals surface area contributed by atoms with Gasteiger partial charge in [-0.15, -0.1) is 21.5 Å². The van der Waals surface area contributed by atoms with Crippen molar-refractivity contribution in [1.82, 2.24) is 44.8 Å². The van der Waals surface area contributed by atoms with Crippen LogP contribution >= 0.6 is 11.3 Å². The number of anilines is 2. The van der Waals surface area contributed by atoms with Crippen molar-refractivity contribution < 1.29 is 19.1 Å². The van der Waals surface area contributed by atoms with Crippen LogP contribution in [0.25, 0.3) is 17.8 Å². The van der Waals surface area contributed by atoms with Crippen molar-refractivity contribution >= 4 is 52.1 Å². The largest absolute Gasteiger partial charge is 0.497 e. The minimum Gasteiger partial charge on any atom is -0.497 e. The predicted molar refractivity (Wildman–Crippen MR) is 212 cm³/mol. The molecule has 0 spiro atoms. The quantitative estimate of drug-likeness (QED) is 0.160. The van der Waals surface area contributed by atoms with Crippen molar-refractivity contribution in [2.45, 2.75) is 58.1 Å². The summed E-state index contributed by atoms with van der Waals surface area (Å²) in [5, 5.41) is 21.0. The summed E-state index contributed by atoms with van der Waals surface area (Å²) in [5.74, 6) is 1.07. The number of nitrogens with zero attached hydrogens (tertiary/aromatic N) is 9. The van der Waals surface area contributed by atoms with E-state index in [0.29, 0.717) is 61.4 Å². The minimum atomic E-state index is -0.480. The Kier molecular flexibility index (Phi) is 12.2. The molecule has 1 saturated heterocycles. The second kappa shape index (κ2) is 17.2. The van der Waals surface area contributed by atoms with Crippen LogP contribution in [0.4, 0.5) is 15.7 Å². The fourth-order valence-corrected chi connectivity index (χ4v) is 6.89. The first kappa shape index (κ1) is 39.0. The highest BCUT2D eigenvalue weighted by atomic mass is 32.1. The third-order valence-corrected chi connectivity index (χ3v) is 9.71. The molecule has 5 aromatic rings. The minimum absolute atomic E-state index is 0.159. The van der Waals surface area contributed by atoms with Crippen LogP contribution in [0.15, 0.2) is 52.8 Å². The summed E-state index contributed by atoms with van der Waals surface area (Å²) in [6.07, 6.45) is 6.05. The molecule has 6 rings (SSSR count). The zero-order valence-electron chi connectivity index (χ0n) is 32.0. The summed E-state index contributed by atoms with van der Waals surface area (Å²) in [7, 11) is 5.58. The highest BCUT2D eigenvalue weighted by molar-refractivity contribution is 7.14. The maximum absolute atomic E-state index is 14.2. The first-order chi connectivity index (χ1) is 26.4. The Morgan fingerprint density at radius 3 is 2.64 bits per heavy atom. The SMILES string of the molecule is COc1ccc(Cn2nnc(/C=C/c3c(N4CCC[C@@H](OC(=O)NCCCN(C)C)C4)nc4cc(C(=O)Nc5nc(C(C)(C)C)cs5)ccn4c3=O)n2)cc1. The van der Waals surface area contributed by atoms with Gasteiger partial charge in [0.1, 0.15) is 23.3 Å². The lowest BCUT2D eigenvalue weighted by Gasteiger charge is -2.34. The summed E-state index contributed by atoms with van der Waals surface area (Å²) in [5.41, 5.74) is 2.21. The Hall–Kier alpha value is -5.68. The number of benzene rings is 1. The molecule has 0 unspecified atom stereocenters. The number of amides is 2. The van der Waals surface area contributed by atoms with Gasteiger partial charge in [0.15, 0.2) is 11.0 Å². The van der Waals surface area contributed by atoms with Crippen molar-refractivity contribution in [2.75, 3.05) is 57.6 Å². The van der Waals surface area contributed by atoms with Gasteiger partial charge in [-0.3, -0.25) is 19.3 Å². The number of ether oxygens (including phenoxy) is 2. The number of methoxy groups -OCH3 is 1. The van der Waals surface area contributed by atoms with E-state index in [4.69, 9.17) is 14.5 Å². The van der Waals surface area contributed by atoms with Crippen LogP contribution in [0.1, 0.15) is 73.0 Å². The Bertz CT molecular complexity index is 2200. The molecular weight excluding hydrogens is 723 g/mol. The third-order valence-electron chi connectivity index (χ3n) is 8.95. The molecule has 1 aromatic carbocycles. The van der Waals surface area contributed by atoms with Gasteiger partial charge in [-0.2, -0.15) is 4.80 Å². The van der Waals surface area contributed by atoms with Gasteiger partial charge in [-0.05, 0) is 87.1 Å². The van der Waals surface area contributed by atoms with Gasteiger partial charge in [-0.1, -0.05) is 32.9 Å². The fourth-order valence-electron chi connectivity index (χ4n) is 5.96. The zero-order valence-corrected chi connectivity index (χ0v) is 32.8. The van der Waals surface area contributed by atoms with E-state index in [1.807, 2.05) is 48.6 Å². The molecule has 0 bridgehead atoms. The monoisotopic (exact) mass is 769 g/mol. The molecular formula is C38H47N11O5S. The maximum Gasteiger partial charge on any atom is 0.407 e. The molecule has 5 heterocycles. The number of nitrogens with one attached hydrogen (secondary N) is 2. The normalized spacial score (nSPS) is 14.8. The summed E-state index contributed by atoms with van der Waals surface area (Å²) >= 11 is 1.35. The van der Waals surface area contributed by atoms with Gasteiger partial charge < -0.3 is 24.6 Å². The summed E-state index contributed by atoms with van der Waals surface area (Å²) in [6, 6.07) is 10.7. The van der Waals surface area contributed by atoms with E-state index < -0.39 is 12.2 Å². The number of rotatable bonds is 13. The van der Waals surface area contributed by atoms with Crippen LogP contribution in [0.3, 0.4) is 0 Å². The molecule has 0 saturated carbocycles. The van der Waals surface area contributed by atoms with E-state index in [1.165, 1.54) is 26.7 Å². The highest BCUT2D eigenvalue weighted by Gasteiger charge is 2.27. The molecule has 4 aromatic heterocycles. The summed E-state index contributed by atoms with van der Waals surface area (Å²) in [4.78, 5) is 55.2. The van der Waals surface area contributed by atoms with Gasteiger partial charge in [0.2, 0.25) is 0 Å². The number of tetrazole rings is 1. The van der Waals surface area contributed by atoms with Crippen LogP contribution in [0.5, 0.6) is 5.75 Å². The second-order valence-electron chi connectivity index (χ2n) is 14.6. The first-order valence-corrected chi connectivity index (χ1v) is 19.0. The Labute approximate surface area is 323 Å². The fraction of sp³-hybridized carbons (Fsp3) is 0.421. The number of alkyl carbamates (subject to hydrolysis) is 1. The number of fused-ring (bicyclic) bond motifs is 1. The van der Waals surface area contributed by atoms with Gasteiger partial charge in [0.05, 0.1) is 31.5 Å². The number of hydrogen-bond acceptors (Lipinski definition) is 13. The van der Waals surface area contributed by atoms with E-state index in [1.54, 1.807) is 31.4 Å². The number of pyridine rings is 1. The first-order valence-electron chi connectivity index (χ1n) is 18.1. The molecule has 290 valence electrons. The zero-order chi connectivity index (χ0) is 39.1. The topological polar surface area (TPSA) is 174 Å². The van der Waals surface area contributed by atoms with Crippen molar-refractivity contribution in [3.05, 3.63) is 86.5 Å². The molecule has 2 amide bonds. The summed E-state index contributed by atoms with van der Waals surface area (Å²) < 4.78 is 12.4. The van der Waals surface area contributed by atoms with Gasteiger partial charge in [0, 0.05) is 35.6 Å². The molecule has 0 aliphatic carbocycles. The van der Waals surface area contributed by atoms with Crippen LogP contribution in [-0.2, 0) is 16.7 Å². The van der Waals surface area contributed by atoms with Crippen molar-refractivity contribution in [3.63, 3.8) is 0 Å². The molecule has 1 atom stereocenters. The molecule has 0 radical (unpaired) electrons. The molecule has 1 fully saturated rings. The van der Waals surface area contributed by atoms with E-state index in [0.717, 1.165) is 30.0 Å². The van der Waals surface area contributed by atoms with E-state index in [-0.39, 0.29) is 28.1 Å². The van der Waals surface area contributed by atoms with Crippen LogP contribution in [-0.4, -0.2) is 105 Å². The second-order valence-corrected chi connectivity index (χ2v) is 15.5. The van der Waals surface area contributed by atoms with E-state index in [2.05, 4.69) is 56.7 Å². The van der Waals surface area contributed by atoms with Gasteiger partial charge in [-0.25, -0.2) is 14.8 Å². The van der Waals surface area contributed by atoms with Crippen LogP contribution < -0.4 is 25.8 Å². The van der Waals surface area contributed by atoms with Crippen LogP contribution in [0.2, 0.25) is 0 Å². The average Bonchev–Trinajstić information content (AvgIpc) is 3.83. The molecule has 2 N–H and O–H groups in total. The number of carbonyl (C=O) groups is 2. The molecule has 1 aliphatic rings. The third kappa shape index (κ3) is 10.1. The molecule has 17 heteroatoms. The van der Waals surface area contributed by atoms with Gasteiger partial charge in [0.25, 0.3) is 11.5 Å². The Balaban J connectivity index is 1.27. The van der Waals surface area contributed by atoms with E-state index in [9.17, 15) is 14.4 Å². The Morgan fingerprint density at radius 2 is 1.91 bits per heavy atom. The predicted octanol–water partition coefficient (Wildman–Crippen LogP) is 4.56. The Morgan fingerprint density at radius 1 is 1.11 bits per heavy atom. The average molecular weight is 770 g/mol. The van der Waals surface area contributed by atoms with Crippen molar-refractivity contribution in [1.29, 1.82) is 0 Å². The lowest BCUT2D eigenvalue weighted by Crippen LogP contribution is -2.43. The van der Waals surface area contributed by atoms with Crippen molar-refractivity contribution in [3.8, 4) is 5.75 Å². The molecule has 16 nitrogen and oxygen atoms in total. The highest BCUT2D eigenvalue weighted by Crippen LogP contribution is 2.27. The van der Waals surface area contributed by atoms with Gasteiger partial charge >= 0.3 is 6.09 Å². The number of thiazole rings is 1. The smallest absolute Gasteiger partial charge is 0.407 e. The lowest BCUT2D eigenvalue weighted by atomic mass is 9.93. The molecule has 55 heavy (non-hydrogen) atoms. The lowest BCUT2D eigenvalue weighted by molar-refractivity contribution is 0.0880. The number of carbonyl (C=O) groups excluding carboxylic acids is 2. The number of hydrogen-bond donors (Lipinski definition) is 2.